The molecule has 2 heterocycles. The Labute approximate surface area is 148 Å². The van der Waals surface area contributed by atoms with E-state index in [1.807, 2.05) is 0 Å². The number of nitrogens with two attached hydrogens (primary N) is 1. The summed E-state index contributed by atoms with van der Waals surface area (Å²) >= 11 is 0. The highest BCUT2D eigenvalue weighted by Crippen LogP contribution is 2.23. The third kappa shape index (κ3) is 3.58. The number of benzene rings is 1. The summed E-state index contributed by atoms with van der Waals surface area (Å²) < 4.78 is 5.17. The smallest absolute Gasteiger partial charge is 0.336 e. The Hall–Kier alpha value is -3.16. The van der Waals surface area contributed by atoms with Crippen LogP contribution in [-0.4, -0.2) is 35.2 Å². The molecule has 26 heavy (non-hydrogen) atoms. The molecule has 1 aliphatic rings. The molecule has 8 heteroatoms. The maximum Gasteiger partial charge on any atom is 0.336 e. The molecule has 136 valence electrons. The standard InChI is InChI=1S/C18H19N3O5/c1-10(22)21-6-2-3-14(21)18(25)20-12-4-5-13-11(7-16(19)23)8-17(24)26-15(13)9-12/h4-5,8-9,14H,2-3,6-7H2,1H3,(H2,19,23)(H,20,25)/t14-/m0/s1. The van der Waals surface area contributed by atoms with Crippen molar-refractivity contribution in [3.63, 3.8) is 0 Å². The van der Waals surface area contributed by atoms with Crippen molar-refractivity contribution in [1.29, 1.82) is 0 Å². The first kappa shape index (κ1) is 17.7. The fraction of sp³-hybridized carbons (Fsp3) is 0.333. The Balaban J connectivity index is 1.87. The number of nitrogens with zero attached hydrogens (tertiary/aromatic N) is 1. The van der Waals surface area contributed by atoms with E-state index in [1.165, 1.54) is 19.1 Å². The normalized spacial score (nSPS) is 16.7. The Bertz CT molecular complexity index is 949. The largest absolute Gasteiger partial charge is 0.423 e. The summed E-state index contributed by atoms with van der Waals surface area (Å²) in [5.41, 5.74) is 5.77. The fourth-order valence-electron chi connectivity index (χ4n) is 3.28. The van der Waals surface area contributed by atoms with Gasteiger partial charge >= 0.3 is 5.63 Å². The van der Waals surface area contributed by atoms with Crippen LogP contribution < -0.4 is 16.7 Å². The molecule has 1 aromatic carbocycles. The van der Waals surface area contributed by atoms with Crippen molar-refractivity contribution in [2.24, 2.45) is 5.73 Å². The van der Waals surface area contributed by atoms with E-state index in [-0.39, 0.29) is 23.8 Å². The number of hydrogen-bond donors (Lipinski definition) is 2. The monoisotopic (exact) mass is 357 g/mol. The molecule has 1 aliphatic heterocycles. The number of rotatable bonds is 4. The number of carbonyl (C=O) groups excluding carboxylic acids is 3. The topological polar surface area (TPSA) is 123 Å². The van der Waals surface area contributed by atoms with E-state index in [2.05, 4.69) is 5.32 Å². The van der Waals surface area contributed by atoms with E-state index >= 15 is 0 Å². The zero-order chi connectivity index (χ0) is 18.8. The number of carbonyl (C=O) groups is 3. The van der Waals surface area contributed by atoms with Gasteiger partial charge in [-0.05, 0) is 30.5 Å². The molecule has 3 amide bonds. The molecule has 8 nitrogen and oxygen atoms in total. The minimum atomic E-state index is -0.601. The molecule has 1 aromatic heterocycles. The molecule has 0 aliphatic carbocycles. The zero-order valence-corrected chi connectivity index (χ0v) is 14.3. The Kier molecular flexibility index (Phi) is 4.75. The van der Waals surface area contributed by atoms with Gasteiger partial charge in [-0.15, -0.1) is 0 Å². The quantitative estimate of drug-likeness (QED) is 0.783. The molecular formula is C18H19N3O5. The van der Waals surface area contributed by atoms with Crippen LogP contribution >= 0.6 is 0 Å². The first-order valence-corrected chi connectivity index (χ1v) is 8.28. The summed E-state index contributed by atoms with van der Waals surface area (Å²) in [6.07, 6.45) is 1.31. The van der Waals surface area contributed by atoms with Gasteiger partial charge in [0.2, 0.25) is 17.7 Å². The molecule has 0 radical (unpaired) electrons. The van der Waals surface area contributed by atoms with Gasteiger partial charge in [0, 0.05) is 36.7 Å². The fourth-order valence-corrected chi connectivity index (χ4v) is 3.28. The minimum Gasteiger partial charge on any atom is -0.423 e. The van der Waals surface area contributed by atoms with Gasteiger partial charge in [-0.1, -0.05) is 0 Å². The number of primary amides is 1. The van der Waals surface area contributed by atoms with Gasteiger partial charge in [-0.25, -0.2) is 4.79 Å². The third-order valence-corrected chi connectivity index (χ3v) is 4.42. The van der Waals surface area contributed by atoms with Crippen LogP contribution in [-0.2, 0) is 20.8 Å². The summed E-state index contributed by atoms with van der Waals surface area (Å²) in [5, 5.41) is 3.33. The molecule has 1 fully saturated rings. The third-order valence-electron chi connectivity index (χ3n) is 4.42. The lowest BCUT2D eigenvalue weighted by molar-refractivity contribution is -0.134. The maximum absolute atomic E-state index is 12.5. The van der Waals surface area contributed by atoms with E-state index in [9.17, 15) is 19.2 Å². The lowest BCUT2D eigenvalue weighted by Crippen LogP contribution is -2.42. The predicted octanol–water partition coefficient (Wildman–Crippen LogP) is 0.770. The second-order valence-electron chi connectivity index (χ2n) is 6.30. The van der Waals surface area contributed by atoms with Crippen LogP contribution in [0.5, 0.6) is 0 Å². The van der Waals surface area contributed by atoms with E-state index < -0.39 is 17.6 Å². The molecule has 1 atom stereocenters. The summed E-state index contributed by atoms with van der Waals surface area (Å²) in [6, 6.07) is 5.55. The molecule has 0 bridgehead atoms. The molecule has 1 saturated heterocycles. The maximum atomic E-state index is 12.5. The highest BCUT2D eigenvalue weighted by molar-refractivity contribution is 5.99. The lowest BCUT2D eigenvalue weighted by atomic mass is 10.1. The summed E-state index contributed by atoms with van der Waals surface area (Å²) in [5.74, 6) is -0.976. The van der Waals surface area contributed by atoms with E-state index in [0.29, 0.717) is 29.6 Å². The SMILES string of the molecule is CC(=O)N1CCC[C@H]1C(=O)Nc1ccc2c(CC(N)=O)cc(=O)oc2c1. The van der Waals surface area contributed by atoms with E-state index in [1.54, 1.807) is 17.0 Å². The summed E-state index contributed by atoms with van der Waals surface area (Å²) in [4.78, 5) is 48.5. The van der Waals surface area contributed by atoms with Crippen LogP contribution in [0.2, 0.25) is 0 Å². The first-order chi connectivity index (χ1) is 12.3. The second-order valence-corrected chi connectivity index (χ2v) is 6.30. The van der Waals surface area contributed by atoms with Gasteiger partial charge in [0.1, 0.15) is 11.6 Å². The van der Waals surface area contributed by atoms with Crippen molar-refractivity contribution in [2.75, 3.05) is 11.9 Å². The highest BCUT2D eigenvalue weighted by Gasteiger charge is 2.32. The van der Waals surface area contributed by atoms with Crippen LogP contribution in [0.25, 0.3) is 11.0 Å². The summed E-state index contributed by atoms with van der Waals surface area (Å²) in [7, 11) is 0. The van der Waals surface area contributed by atoms with Gasteiger partial charge in [0.25, 0.3) is 0 Å². The van der Waals surface area contributed by atoms with Crippen LogP contribution in [0.3, 0.4) is 0 Å². The van der Waals surface area contributed by atoms with Crippen molar-refractivity contribution >= 4 is 34.4 Å². The minimum absolute atomic E-state index is 0.0799. The van der Waals surface area contributed by atoms with Gasteiger partial charge in [-0.3, -0.25) is 14.4 Å². The van der Waals surface area contributed by atoms with E-state index in [0.717, 1.165) is 6.42 Å². The Morgan fingerprint density at radius 1 is 1.31 bits per heavy atom. The molecule has 0 spiro atoms. The predicted molar refractivity (Wildman–Crippen MR) is 94.4 cm³/mol. The molecule has 0 saturated carbocycles. The van der Waals surface area contributed by atoms with Crippen molar-refractivity contribution in [3.05, 3.63) is 40.2 Å². The lowest BCUT2D eigenvalue weighted by Gasteiger charge is -2.22. The Morgan fingerprint density at radius 3 is 2.77 bits per heavy atom. The number of anilines is 1. The number of likely N-dealkylation sites (tertiary alicyclic amines) is 1. The van der Waals surface area contributed by atoms with Gasteiger partial charge < -0.3 is 20.4 Å². The van der Waals surface area contributed by atoms with Crippen molar-refractivity contribution in [3.8, 4) is 0 Å². The molecule has 2 aromatic rings. The number of amides is 3. The number of fused-ring (bicyclic) bond motifs is 1. The van der Waals surface area contributed by atoms with Gasteiger partial charge in [0.05, 0.1) is 6.42 Å². The van der Waals surface area contributed by atoms with E-state index in [4.69, 9.17) is 10.2 Å². The van der Waals surface area contributed by atoms with Crippen LogP contribution in [0.1, 0.15) is 25.3 Å². The van der Waals surface area contributed by atoms with Crippen molar-refractivity contribution < 1.29 is 18.8 Å². The van der Waals surface area contributed by atoms with Gasteiger partial charge in [0.15, 0.2) is 0 Å². The summed E-state index contributed by atoms with van der Waals surface area (Å²) in [6.45, 7) is 2.01. The molecular weight excluding hydrogens is 338 g/mol. The zero-order valence-electron chi connectivity index (χ0n) is 14.3. The molecule has 3 N–H and O–H groups in total. The number of hydrogen-bond acceptors (Lipinski definition) is 5. The Morgan fingerprint density at radius 2 is 2.08 bits per heavy atom. The number of nitrogens with one attached hydrogen (secondary N) is 1. The van der Waals surface area contributed by atoms with Crippen LogP contribution in [0.15, 0.2) is 33.5 Å². The van der Waals surface area contributed by atoms with Crippen LogP contribution in [0.4, 0.5) is 5.69 Å². The van der Waals surface area contributed by atoms with Crippen molar-refractivity contribution in [2.45, 2.75) is 32.2 Å². The average molecular weight is 357 g/mol. The molecule has 0 unspecified atom stereocenters. The first-order valence-electron chi connectivity index (χ1n) is 8.28. The van der Waals surface area contributed by atoms with Crippen molar-refractivity contribution in [1.82, 2.24) is 4.90 Å². The average Bonchev–Trinajstić information content (AvgIpc) is 3.03. The van der Waals surface area contributed by atoms with Gasteiger partial charge in [-0.2, -0.15) is 0 Å². The second kappa shape index (κ2) is 6.99. The highest BCUT2D eigenvalue weighted by atomic mass is 16.4. The van der Waals surface area contributed by atoms with Crippen LogP contribution in [0, 0.1) is 0 Å². The molecule has 3 rings (SSSR count).